The monoisotopic (exact) mass is 270 g/mol. The van der Waals surface area contributed by atoms with Crippen LogP contribution in [0.25, 0.3) is 11.2 Å². The summed E-state index contributed by atoms with van der Waals surface area (Å²) in [6.45, 7) is 0.598. The van der Waals surface area contributed by atoms with Gasteiger partial charge in [-0.05, 0) is 17.7 Å². The molecule has 0 unspecified atom stereocenters. The van der Waals surface area contributed by atoms with Crippen LogP contribution in [0.1, 0.15) is 5.56 Å². The van der Waals surface area contributed by atoms with Crippen LogP contribution in [0.3, 0.4) is 0 Å². The van der Waals surface area contributed by atoms with Gasteiger partial charge in [-0.1, -0.05) is 6.07 Å². The summed E-state index contributed by atoms with van der Waals surface area (Å²) in [5.74, 6) is 1.04. The number of nitrogens with zero attached hydrogens (tertiary/aromatic N) is 4. The lowest BCUT2D eigenvalue weighted by Gasteiger charge is -2.08. The molecule has 0 aliphatic carbocycles. The molecule has 0 aliphatic rings. The minimum absolute atomic E-state index is 0.378. The Balaban J connectivity index is 1.97. The lowest BCUT2D eigenvalue weighted by Crippen LogP contribution is -2.02. The molecular formula is C13H14N6O. The molecule has 2 aromatic heterocycles. The highest BCUT2D eigenvalue weighted by molar-refractivity contribution is 5.81. The molecule has 0 amide bonds. The molecule has 20 heavy (non-hydrogen) atoms. The zero-order chi connectivity index (χ0) is 14.1. The molecule has 7 nitrogen and oxygen atoms in total. The van der Waals surface area contributed by atoms with Gasteiger partial charge >= 0.3 is 0 Å². The Morgan fingerprint density at radius 2 is 2.05 bits per heavy atom. The number of nitrogen functional groups attached to an aromatic ring is 2. The lowest BCUT2D eigenvalue weighted by molar-refractivity contribution is 0.417. The zero-order valence-corrected chi connectivity index (χ0v) is 10.9. The molecule has 0 atom stereocenters. The standard InChI is InChI=1S/C13H14N6O/c1-20-10-3-2-8(4-9(10)14)5-19-7-18-11-12(15)16-6-17-13(11)19/h2-4,6-7H,5,14H2,1H3,(H2,15,16,17). The number of hydrogen-bond acceptors (Lipinski definition) is 6. The van der Waals surface area contributed by atoms with E-state index in [-0.39, 0.29) is 0 Å². The van der Waals surface area contributed by atoms with E-state index in [1.54, 1.807) is 13.4 Å². The Morgan fingerprint density at radius 1 is 1.20 bits per heavy atom. The molecule has 7 heteroatoms. The number of methoxy groups -OCH3 is 1. The topological polar surface area (TPSA) is 105 Å². The third-order valence-corrected chi connectivity index (χ3v) is 3.08. The van der Waals surface area contributed by atoms with Gasteiger partial charge in [0.1, 0.15) is 17.6 Å². The lowest BCUT2D eigenvalue weighted by atomic mass is 10.2. The first-order valence-corrected chi connectivity index (χ1v) is 6.02. The number of imidazole rings is 1. The van der Waals surface area contributed by atoms with Gasteiger partial charge in [0.05, 0.1) is 25.7 Å². The second kappa shape index (κ2) is 4.69. The molecule has 0 bridgehead atoms. The number of benzene rings is 1. The number of hydrogen-bond donors (Lipinski definition) is 2. The van der Waals surface area contributed by atoms with Crippen molar-refractivity contribution < 1.29 is 4.74 Å². The maximum Gasteiger partial charge on any atom is 0.165 e. The van der Waals surface area contributed by atoms with Crippen LogP contribution in [-0.4, -0.2) is 26.6 Å². The highest BCUT2D eigenvalue weighted by Crippen LogP contribution is 2.23. The van der Waals surface area contributed by atoms with E-state index in [4.69, 9.17) is 16.2 Å². The molecule has 0 saturated carbocycles. The zero-order valence-electron chi connectivity index (χ0n) is 10.9. The minimum Gasteiger partial charge on any atom is -0.495 e. The Kier molecular flexibility index (Phi) is 2.86. The van der Waals surface area contributed by atoms with Crippen LogP contribution in [0.2, 0.25) is 0 Å². The van der Waals surface area contributed by atoms with E-state index in [1.165, 1.54) is 6.33 Å². The van der Waals surface area contributed by atoms with E-state index < -0.39 is 0 Å². The summed E-state index contributed by atoms with van der Waals surface area (Å²) >= 11 is 0. The van der Waals surface area contributed by atoms with Crippen molar-refractivity contribution in [2.24, 2.45) is 0 Å². The Morgan fingerprint density at radius 3 is 2.80 bits per heavy atom. The first-order chi connectivity index (χ1) is 9.69. The van der Waals surface area contributed by atoms with E-state index in [2.05, 4.69) is 15.0 Å². The Hall–Kier alpha value is -2.83. The van der Waals surface area contributed by atoms with Crippen LogP contribution in [-0.2, 0) is 6.54 Å². The number of fused-ring (bicyclic) bond motifs is 1. The van der Waals surface area contributed by atoms with Crippen molar-refractivity contribution in [1.29, 1.82) is 0 Å². The van der Waals surface area contributed by atoms with Gasteiger partial charge in [-0.25, -0.2) is 15.0 Å². The van der Waals surface area contributed by atoms with Crippen LogP contribution < -0.4 is 16.2 Å². The average molecular weight is 270 g/mol. The first kappa shape index (κ1) is 12.2. The third-order valence-electron chi connectivity index (χ3n) is 3.08. The summed E-state index contributed by atoms with van der Waals surface area (Å²) in [6, 6.07) is 5.66. The minimum atomic E-state index is 0.378. The number of ether oxygens (including phenoxy) is 1. The summed E-state index contributed by atoms with van der Waals surface area (Å²) in [5, 5.41) is 0. The molecule has 0 fully saturated rings. The van der Waals surface area contributed by atoms with Gasteiger partial charge in [0.15, 0.2) is 11.5 Å². The number of anilines is 2. The van der Waals surface area contributed by atoms with E-state index in [0.29, 0.717) is 35.0 Å². The van der Waals surface area contributed by atoms with Crippen molar-refractivity contribution in [2.75, 3.05) is 18.6 Å². The van der Waals surface area contributed by atoms with Crippen LogP contribution in [0.15, 0.2) is 30.9 Å². The van der Waals surface area contributed by atoms with E-state index in [0.717, 1.165) is 5.56 Å². The van der Waals surface area contributed by atoms with Crippen LogP contribution >= 0.6 is 0 Å². The average Bonchev–Trinajstić information content (AvgIpc) is 2.84. The van der Waals surface area contributed by atoms with Crippen molar-refractivity contribution in [3.05, 3.63) is 36.4 Å². The Bertz CT molecular complexity index is 767. The van der Waals surface area contributed by atoms with Gasteiger partial charge in [0, 0.05) is 0 Å². The molecule has 0 spiro atoms. The van der Waals surface area contributed by atoms with Crippen molar-refractivity contribution >= 4 is 22.7 Å². The molecule has 0 saturated heterocycles. The van der Waals surface area contributed by atoms with E-state index in [1.807, 2.05) is 22.8 Å². The number of aromatic nitrogens is 4. The fourth-order valence-corrected chi connectivity index (χ4v) is 2.09. The molecule has 2 heterocycles. The largest absolute Gasteiger partial charge is 0.495 e. The second-order valence-corrected chi connectivity index (χ2v) is 4.38. The van der Waals surface area contributed by atoms with Gasteiger partial charge in [-0.2, -0.15) is 0 Å². The predicted molar refractivity (Wildman–Crippen MR) is 76.2 cm³/mol. The van der Waals surface area contributed by atoms with Gasteiger partial charge in [0.25, 0.3) is 0 Å². The third kappa shape index (κ3) is 1.99. The Labute approximate surface area is 115 Å². The molecule has 0 radical (unpaired) electrons. The smallest absolute Gasteiger partial charge is 0.165 e. The van der Waals surface area contributed by atoms with Crippen molar-refractivity contribution in [3.63, 3.8) is 0 Å². The molecule has 0 aliphatic heterocycles. The first-order valence-electron chi connectivity index (χ1n) is 6.02. The predicted octanol–water partition coefficient (Wildman–Crippen LogP) is 1.05. The van der Waals surface area contributed by atoms with Gasteiger partial charge in [0.2, 0.25) is 0 Å². The van der Waals surface area contributed by atoms with Gasteiger partial charge < -0.3 is 20.8 Å². The molecule has 1 aromatic carbocycles. The maximum absolute atomic E-state index is 5.90. The highest BCUT2D eigenvalue weighted by Gasteiger charge is 2.08. The van der Waals surface area contributed by atoms with Crippen molar-refractivity contribution in [3.8, 4) is 5.75 Å². The van der Waals surface area contributed by atoms with E-state index >= 15 is 0 Å². The highest BCUT2D eigenvalue weighted by atomic mass is 16.5. The summed E-state index contributed by atoms with van der Waals surface area (Å²) < 4.78 is 7.04. The SMILES string of the molecule is COc1ccc(Cn2cnc3c(N)ncnc32)cc1N. The molecule has 3 aromatic rings. The second-order valence-electron chi connectivity index (χ2n) is 4.38. The van der Waals surface area contributed by atoms with Gasteiger partial charge in [-0.15, -0.1) is 0 Å². The fourth-order valence-electron chi connectivity index (χ4n) is 2.09. The number of rotatable bonds is 3. The quantitative estimate of drug-likeness (QED) is 0.689. The fraction of sp³-hybridized carbons (Fsp3) is 0.154. The summed E-state index contributed by atoms with van der Waals surface area (Å²) in [6.07, 6.45) is 3.12. The summed E-state index contributed by atoms with van der Waals surface area (Å²) in [4.78, 5) is 12.4. The van der Waals surface area contributed by atoms with Crippen LogP contribution in [0.5, 0.6) is 5.75 Å². The number of nitrogens with two attached hydrogens (primary N) is 2. The van der Waals surface area contributed by atoms with Crippen LogP contribution in [0.4, 0.5) is 11.5 Å². The molecular weight excluding hydrogens is 256 g/mol. The summed E-state index contributed by atoms with van der Waals surface area (Å²) in [5.41, 5.74) is 14.6. The molecule has 4 N–H and O–H groups in total. The maximum atomic E-state index is 5.90. The van der Waals surface area contributed by atoms with Crippen LogP contribution in [0, 0.1) is 0 Å². The summed E-state index contributed by atoms with van der Waals surface area (Å²) in [7, 11) is 1.59. The molecule has 3 rings (SSSR count). The van der Waals surface area contributed by atoms with E-state index in [9.17, 15) is 0 Å². The van der Waals surface area contributed by atoms with Crippen molar-refractivity contribution in [2.45, 2.75) is 6.54 Å². The van der Waals surface area contributed by atoms with Gasteiger partial charge in [-0.3, -0.25) is 0 Å². The molecule has 102 valence electrons. The normalized spacial score (nSPS) is 10.8. The van der Waals surface area contributed by atoms with Crippen molar-refractivity contribution in [1.82, 2.24) is 19.5 Å².